The van der Waals surface area contributed by atoms with Crippen LogP contribution in [0.3, 0.4) is 0 Å². The van der Waals surface area contributed by atoms with Crippen LogP contribution in [0.4, 0.5) is 11.8 Å². The molecular formula is C33H40N5O9Y-. The summed E-state index contributed by atoms with van der Waals surface area (Å²) in [5.41, 5.74) is 2.65. The van der Waals surface area contributed by atoms with Crippen molar-refractivity contribution >= 4 is 41.2 Å². The van der Waals surface area contributed by atoms with E-state index in [0.29, 0.717) is 68.1 Å². The maximum atomic E-state index is 12.7. The summed E-state index contributed by atoms with van der Waals surface area (Å²) in [5.74, 6) is 0.335. The van der Waals surface area contributed by atoms with Gasteiger partial charge in [0.15, 0.2) is 5.65 Å². The first-order valence-corrected chi connectivity index (χ1v) is 15.6. The minimum absolute atomic E-state index is 0. The van der Waals surface area contributed by atoms with Gasteiger partial charge in [0.2, 0.25) is 5.95 Å². The Hall–Kier alpha value is -3.46. The van der Waals surface area contributed by atoms with Crippen molar-refractivity contribution in [1.29, 1.82) is 0 Å². The summed E-state index contributed by atoms with van der Waals surface area (Å²) in [6, 6.07) is 9.71. The van der Waals surface area contributed by atoms with Gasteiger partial charge in [0.1, 0.15) is 18.2 Å². The van der Waals surface area contributed by atoms with Crippen LogP contribution in [-0.4, -0.2) is 105 Å². The number of esters is 2. The van der Waals surface area contributed by atoms with E-state index in [1.165, 1.54) is 20.5 Å². The molecule has 2 aromatic heterocycles. The van der Waals surface area contributed by atoms with Crippen molar-refractivity contribution < 1.29 is 75.5 Å². The average molecular weight is 740 g/mol. The number of anilines is 2. The van der Waals surface area contributed by atoms with Crippen molar-refractivity contribution in [2.24, 2.45) is 5.92 Å². The largest absolute Gasteiger partial charge is 0.652 e. The monoisotopic (exact) mass is 739 g/mol. The van der Waals surface area contributed by atoms with Crippen molar-refractivity contribution in [2.45, 2.75) is 45.9 Å². The second kappa shape index (κ2) is 17.8. The van der Waals surface area contributed by atoms with E-state index < -0.39 is 17.9 Å². The van der Waals surface area contributed by atoms with Crippen LogP contribution in [0.25, 0.3) is 22.3 Å². The van der Waals surface area contributed by atoms with Gasteiger partial charge in [-0.3, -0.25) is 9.59 Å². The van der Waals surface area contributed by atoms with E-state index >= 15 is 0 Å². The summed E-state index contributed by atoms with van der Waals surface area (Å²) in [6.45, 7) is 10.3. The predicted octanol–water partition coefficient (Wildman–Crippen LogP) is 2.84. The molecule has 3 aromatic rings. The summed E-state index contributed by atoms with van der Waals surface area (Å²) < 4.78 is 32.1. The zero-order chi connectivity index (χ0) is 33.3. The second-order valence-corrected chi connectivity index (χ2v) is 11.6. The number of rotatable bonds is 13. The fourth-order valence-corrected chi connectivity index (χ4v) is 5.61. The molecule has 0 spiro atoms. The van der Waals surface area contributed by atoms with Gasteiger partial charge in [0, 0.05) is 69.8 Å². The Morgan fingerprint density at radius 3 is 2.38 bits per heavy atom. The van der Waals surface area contributed by atoms with E-state index in [1.54, 1.807) is 6.07 Å². The molecule has 0 amide bonds. The second-order valence-electron chi connectivity index (χ2n) is 11.6. The first kappa shape index (κ1) is 37.4. The van der Waals surface area contributed by atoms with E-state index in [2.05, 4.69) is 28.4 Å². The Balaban J connectivity index is 0.00000520. The van der Waals surface area contributed by atoms with Gasteiger partial charge in [-0.05, 0) is 44.2 Å². The molecule has 1 aromatic carbocycles. The third-order valence-corrected chi connectivity index (χ3v) is 8.11. The average Bonchev–Trinajstić information content (AvgIpc) is 3.08. The number of fused-ring (bicyclic) bond motifs is 1. The Bertz CT molecular complexity index is 1580. The number of aromatic nitrogens is 3. The molecule has 0 saturated carbocycles. The number of hydrogen-bond acceptors (Lipinski definition) is 14. The zero-order valence-electron chi connectivity index (χ0n) is 27.7. The normalized spacial score (nSPS) is 18.4. The van der Waals surface area contributed by atoms with Crippen LogP contribution in [0.15, 0.2) is 30.3 Å². The topological polar surface area (TPSA) is 152 Å². The quantitative estimate of drug-likeness (QED) is 0.144. The molecule has 0 N–H and O–H groups in total. The number of ether oxygens (including phenoxy) is 6. The van der Waals surface area contributed by atoms with Crippen molar-refractivity contribution in [3.63, 3.8) is 0 Å². The molecule has 3 atom stereocenters. The number of methoxy groups -OCH3 is 1. The molecule has 2 fully saturated rings. The summed E-state index contributed by atoms with van der Waals surface area (Å²) in [4.78, 5) is 53.9. The van der Waals surface area contributed by atoms with Crippen molar-refractivity contribution in [1.82, 2.24) is 15.0 Å². The summed E-state index contributed by atoms with van der Waals surface area (Å²) in [5, 5.41) is 0.842. The third-order valence-electron chi connectivity index (χ3n) is 8.11. The molecule has 15 heteroatoms. The van der Waals surface area contributed by atoms with E-state index in [1.807, 2.05) is 24.3 Å². The molecule has 4 heterocycles. The van der Waals surface area contributed by atoms with Gasteiger partial charge in [-0.15, -0.1) is 0 Å². The van der Waals surface area contributed by atoms with Gasteiger partial charge in [0.25, 0.3) is 0 Å². The molecule has 2 aliphatic heterocycles. The standard InChI is InChI=1S/C33H40N5O9.Y/c1-21-15-43-11-9-37(21)32-27-6-7-28(34-31(27)35-33(36-32)38-10-12-44-16-22(38)2)25-5-8-29(42-4)26(14-25)19-47-30(41)13-24(17-45-20-39)18-46-23(3)40;/h5-8,14,21-22,24H,9-13,15-19H2,1-4H3;/q-1;/t21-,22-,24?;/m1./s1. The van der Waals surface area contributed by atoms with Gasteiger partial charge in [0.05, 0.1) is 76.3 Å². The Kier molecular flexibility index (Phi) is 13.9. The minimum Gasteiger partial charge on any atom is -0.652 e. The van der Waals surface area contributed by atoms with Crippen LogP contribution < -0.4 is 14.5 Å². The molecule has 0 aliphatic carbocycles. The smallest absolute Gasteiger partial charge is 0.306 e. The summed E-state index contributed by atoms with van der Waals surface area (Å²) in [7, 11) is 1.54. The first-order valence-electron chi connectivity index (χ1n) is 15.6. The van der Waals surface area contributed by atoms with Gasteiger partial charge < -0.3 is 43.0 Å². The van der Waals surface area contributed by atoms with E-state index in [-0.39, 0.29) is 71.0 Å². The molecule has 2 saturated heterocycles. The fraction of sp³-hybridized carbons (Fsp3) is 0.515. The van der Waals surface area contributed by atoms with Crippen molar-refractivity contribution in [3.8, 4) is 17.0 Å². The van der Waals surface area contributed by atoms with E-state index in [0.717, 1.165) is 16.8 Å². The first-order chi connectivity index (χ1) is 22.8. The number of carbonyl (C=O) groups excluding carboxylic acids is 3. The van der Waals surface area contributed by atoms with Crippen LogP contribution in [0.2, 0.25) is 0 Å². The van der Waals surface area contributed by atoms with Gasteiger partial charge in [-0.25, -0.2) is 4.98 Å². The summed E-state index contributed by atoms with van der Waals surface area (Å²) >= 11 is 0. The molecule has 0 bridgehead atoms. The maximum absolute atomic E-state index is 12.7. The Morgan fingerprint density at radius 1 is 0.979 bits per heavy atom. The molecule has 255 valence electrons. The molecule has 14 nitrogen and oxygen atoms in total. The molecule has 2 aliphatic rings. The van der Waals surface area contributed by atoms with Gasteiger partial charge >= 0.3 is 11.9 Å². The van der Waals surface area contributed by atoms with Crippen molar-refractivity contribution in [3.05, 3.63) is 35.9 Å². The molecule has 5 rings (SSSR count). The maximum Gasteiger partial charge on any atom is 0.306 e. The fourth-order valence-electron chi connectivity index (χ4n) is 5.61. The summed E-state index contributed by atoms with van der Waals surface area (Å²) in [6.07, 6.45) is -0.128. The molecular weight excluding hydrogens is 699 g/mol. The Morgan fingerprint density at radius 2 is 1.71 bits per heavy atom. The Labute approximate surface area is 304 Å². The van der Waals surface area contributed by atoms with Gasteiger partial charge in [-0.2, -0.15) is 9.97 Å². The molecule has 1 unspecified atom stereocenters. The number of nitrogens with zero attached hydrogens (tertiary/aromatic N) is 5. The van der Waals surface area contributed by atoms with Crippen LogP contribution in [0.5, 0.6) is 5.75 Å². The SMILES string of the molecule is COc1ccc(-c2ccc3c(N4CCOC[C@H]4C)nc(N4CCOC[C@H]4C)nc3n2)cc1COC(=O)CC(CO[C-]=O)COC(C)=O.[Y]. The van der Waals surface area contributed by atoms with Crippen LogP contribution >= 0.6 is 0 Å². The number of hydrogen-bond donors (Lipinski definition) is 0. The third kappa shape index (κ3) is 9.37. The number of benzene rings is 1. The van der Waals surface area contributed by atoms with E-state index in [9.17, 15) is 14.4 Å². The van der Waals surface area contributed by atoms with Crippen LogP contribution in [-0.2, 0) is 77.4 Å². The molecule has 48 heavy (non-hydrogen) atoms. The number of morpholine rings is 2. The molecule has 1 radical (unpaired) electrons. The van der Waals surface area contributed by atoms with Gasteiger partial charge in [-0.1, -0.05) is 6.47 Å². The van der Waals surface area contributed by atoms with E-state index in [4.69, 9.17) is 38.6 Å². The van der Waals surface area contributed by atoms with Crippen LogP contribution in [0.1, 0.15) is 32.8 Å². The van der Waals surface area contributed by atoms with Crippen LogP contribution in [0, 0.1) is 5.92 Å². The zero-order valence-corrected chi connectivity index (χ0v) is 30.5. The predicted molar refractivity (Wildman–Crippen MR) is 171 cm³/mol. The van der Waals surface area contributed by atoms with Crippen molar-refractivity contribution in [2.75, 3.05) is 69.6 Å². The minimum atomic E-state index is -0.569. The number of carbonyl (C=O) groups is 2. The number of pyridine rings is 1.